The maximum absolute atomic E-state index is 12.9. The number of anilines is 1. The first-order valence-corrected chi connectivity index (χ1v) is 10.4. The zero-order chi connectivity index (χ0) is 21.1. The van der Waals surface area contributed by atoms with Crippen molar-refractivity contribution in [1.29, 1.82) is 0 Å². The van der Waals surface area contributed by atoms with Crippen molar-refractivity contribution < 1.29 is 18.0 Å². The van der Waals surface area contributed by atoms with Crippen LogP contribution in [0.25, 0.3) is 10.6 Å². The zero-order valence-electron chi connectivity index (χ0n) is 15.9. The average Bonchev–Trinajstić information content (AvgIpc) is 3.25. The SMILES string of the molecule is O=C(NC1CCN(c2ccccn2)CC1)c1csc(-c2cccc(C(F)(F)F)c2)n1. The van der Waals surface area contributed by atoms with Gasteiger partial charge in [-0.2, -0.15) is 13.2 Å². The Labute approximate surface area is 175 Å². The Kier molecular flexibility index (Phi) is 5.72. The molecule has 0 radical (unpaired) electrons. The highest BCUT2D eigenvalue weighted by Gasteiger charge is 2.30. The van der Waals surface area contributed by atoms with Crippen molar-refractivity contribution in [3.8, 4) is 10.6 Å². The summed E-state index contributed by atoms with van der Waals surface area (Å²) in [6, 6.07) is 10.8. The molecule has 0 unspecified atom stereocenters. The molecule has 3 heterocycles. The van der Waals surface area contributed by atoms with E-state index in [1.54, 1.807) is 17.6 Å². The van der Waals surface area contributed by atoms with Crippen molar-refractivity contribution in [2.24, 2.45) is 0 Å². The monoisotopic (exact) mass is 432 g/mol. The molecule has 1 aliphatic rings. The van der Waals surface area contributed by atoms with Crippen LogP contribution in [0.2, 0.25) is 0 Å². The molecule has 1 fully saturated rings. The smallest absolute Gasteiger partial charge is 0.356 e. The number of pyridine rings is 1. The number of carbonyl (C=O) groups is 1. The summed E-state index contributed by atoms with van der Waals surface area (Å²) in [5.41, 5.74) is -0.169. The van der Waals surface area contributed by atoms with E-state index in [2.05, 4.69) is 20.2 Å². The number of nitrogens with one attached hydrogen (secondary N) is 1. The van der Waals surface area contributed by atoms with E-state index >= 15 is 0 Å². The maximum atomic E-state index is 12.9. The minimum absolute atomic E-state index is 0.0242. The van der Waals surface area contributed by atoms with Gasteiger partial charge in [-0.1, -0.05) is 18.2 Å². The fourth-order valence-corrected chi connectivity index (χ4v) is 4.19. The summed E-state index contributed by atoms with van der Waals surface area (Å²) < 4.78 is 38.8. The molecule has 2 aromatic heterocycles. The number of nitrogens with zero attached hydrogens (tertiary/aromatic N) is 3. The number of carbonyl (C=O) groups excluding carboxylic acids is 1. The van der Waals surface area contributed by atoms with E-state index in [9.17, 15) is 18.0 Å². The van der Waals surface area contributed by atoms with Gasteiger partial charge in [0, 0.05) is 36.3 Å². The van der Waals surface area contributed by atoms with Crippen LogP contribution in [0.15, 0.2) is 54.0 Å². The minimum Gasteiger partial charge on any atom is -0.356 e. The van der Waals surface area contributed by atoms with E-state index in [0.29, 0.717) is 10.6 Å². The Balaban J connectivity index is 1.37. The Morgan fingerprint density at radius 2 is 1.93 bits per heavy atom. The lowest BCUT2D eigenvalue weighted by Crippen LogP contribution is -2.45. The van der Waals surface area contributed by atoms with Crippen molar-refractivity contribution in [2.45, 2.75) is 25.1 Å². The second kappa shape index (κ2) is 8.43. The van der Waals surface area contributed by atoms with Gasteiger partial charge >= 0.3 is 6.18 Å². The molecular weight excluding hydrogens is 413 g/mol. The second-order valence-electron chi connectivity index (χ2n) is 7.04. The first kappa shape index (κ1) is 20.3. The summed E-state index contributed by atoms with van der Waals surface area (Å²) in [5, 5.41) is 4.95. The quantitative estimate of drug-likeness (QED) is 0.654. The van der Waals surface area contributed by atoms with Gasteiger partial charge in [0.25, 0.3) is 5.91 Å². The van der Waals surface area contributed by atoms with Crippen LogP contribution in [0.3, 0.4) is 0 Å². The summed E-state index contributed by atoms with van der Waals surface area (Å²) in [4.78, 5) is 23.3. The van der Waals surface area contributed by atoms with Crippen molar-refractivity contribution in [3.05, 3.63) is 65.3 Å². The van der Waals surface area contributed by atoms with E-state index < -0.39 is 11.7 Å². The Morgan fingerprint density at radius 1 is 1.13 bits per heavy atom. The molecule has 0 spiro atoms. The van der Waals surface area contributed by atoms with E-state index in [1.807, 2.05) is 18.2 Å². The number of halogens is 3. The third-order valence-corrected chi connectivity index (χ3v) is 5.87. The van der Waals surface area contributed by atoms with Crippen molar-refractivity contribution in [2.75, 3.05) is 18.0 Å². The number of alkyl halides is 3. The van der Waals surface area contributed by atoms with Crippen LogP contribution in [0, 0.1) is 0 Å². The molecule has 30 heavy (non-hydrogen) atoms. The van der Waals surface area contributed by atoms with Gasteiger partial charge in [-0.15, -0.1) is 11.3 Å². The molecule has 1 amide bonds. The van der Waals surface area contributed by atoms with Crippen LogP contribution in [0.1, 0.15) is 28.9 Å². The summed E-state index contributed by atoms with van der Waals surface area (Å²) in [5.74, 6) is 0.619. The topological polar surface area (TPSA) is 58.1 Å². The van der Waals surface area contributed by atoms with Crippen LogP contribution in [-0.2, 0) is 6.18 Å². The minimum atomic E-state index is -4.42. The number of thiazole rings is 1. The molecule has 5 nitrogen and oxygen atoms in total. The van der Waals surface area contributed by atoms with E-state index in [4.69, 9.17) is 0 Å². The number of aromatic nitrogens is 2. The molecule has 0 saturated carbocycles. The molecule has 9 heteroatoms. The molecule has 0 bridgehead atoms. The van der Waals surface area contributed by atoms with Crippen LogP contribution in [-0.4, -0.2) is 35.0 Å². The molecule has 3 aromatic rings. The zero-order valence-corrected chi connectivity index (χ0v) is 16.7. The molecule has 1 saturated heterocycles. The lowest BCUT2D eigenvalue weighted by atomic mass is 10.0. The number of piperidine rings is 1. The maximum Gasteiger partial charge on any atom is 0.416 e. The van der Waals surface area contributed by atoms with Crippen LogP contribution >= 0.6 is 11.3 Å². The molecular formula is C21H19F3N4OS. The van der Waals surface area contributed by atoms with Crippen molar-refractivity contribution >= 4 is 23.1 Å². The number of amides is 1. The van der Waals surface area contributed by atoms with Gasteiger partial charge in [0.1, 0.15) is 16.5 Å². The van der Waals surface area contributed by atoms with Crippen LogP contribution in [0.5, 0.6) is 0 Å². The first-order chi connectivity index (χ1) is 14.4. The lowest BCUT2D eigenvalue weighted by molar-refractivity contribution is -0.137. The second-order valence-corrected chi connectivity index (χ2v) is 7.90. The highest BCUT2D eigenvalue weighted by Crippen LogP contribution is 2.33. The summed E-state index contributed by atoms with van der Waals surface area (Å²) in [6.07, 6.45) is -1.09. The Bertz CT molecular complexity index is 1010. The third kappa shape index (κ3) is 4.62. The standard InChI is InChI=1S/C21H19F3N4OS/c22-21(23,24)15-5-3-4-14(12-15)20-27-17(13-30-20)19(29)26-16-7-10-28(11-8-16)18-6-1-2-9-25-18/h1-6,9,12-13,16H,7-8,10-11H2,(H,26,29). The predicted octanol–water partition coefficient (Wildman–Crippen LogP) is 4.62. The summed E-state index contributed by atoms with van der Waals surface area (Å²) in [7, 11) is 0. The molecule has 4 rings (SSSR count). The third-order valence-electron chi connectivity index (χ3n) is 4.98. The van der Waals surface area contributed by atoms with Crippen molar-refractivity contribution in [3.63, 3.8) is 0 Å². The predicted molar refractivity (Wildman–Crippen MR) is 109 cm³/mol. The van der Waals surface area contributed by atoms with Crippen LogP contribution < -0.4 is 10.2 Å². The number of rotatable bonds is 4. The van der Waals surface area contributed by atoms with E-state index in [0.717, 1.165) is 55.2 Å². The molecule has 1 aliphatic heterocycles. The summed E-state index contributed by atoms with van der Waals surface area (Å²) >= 11 is 1.15. The normalized spacial score (nSPS) is 15.2. The largest absolute Gasteiger partial charge is 0.416 e. The Hall–Kier alpha value is -2.94. The van der Waals surface area contributed by atoms with Gasteiger partial charge in [0.05, 0.1) is 5.56 Å². The van der Waals surface area contributed by atoms with Gasteiger partial charge in [0.2, 0.25) is 0 Å². The van der Waals surface area contributed by atoms with Gasteiger partial charge in [-0.3, -0.25) is 4.79 Å². The lowest BCUT2D eigenvalue weighted by Gasteiger charge is -2.33. The number of hydrogen-bond donors (Lipinski definition) is 1. The number of hydrogen-bond acceptors (Lipinski definition) is 5. The van der Waals surface area contributed by atoms with E-state index in [1.165, 1.54) is 6.07 Å². The highest BCUT2D eigenvalue weighted by molar-refractivity contribution is 7.13. The van der Waals surface area contributed by atoms with E-state index in [-0.39, 0.29) is 17.6 Å². The van der Waals surface area contributed by atoms with Crippen LogP contribution in [0.4, 0.5) is 19.0 Å². The fourth-order valence-electron chi connectivity index (χ4n) is 3.39. The average molecular weight is 432 g/mol. The van der Waals surface area contributed by atoms with Gasteiger partial charge in [0.15, 0.2) is 0 Å². The molecule has 0 aliphatic carbocycles. The molecule has 1 N–H and O–H groups in total. The fraction of sp³-hybridized carbons (Fsp3) is 0.286. The van der Waals surface area contributed by atoms with Crippen molar-refractivity contribution in [1.82, 2.24) is 15.3 Å². The highest BCUT2D eigenvalue weighted by atomic mass is 32.1. The van der Waals surface area contributed by atoms with Gasteiger partial charge < -0.3 is 10.2 Å². The molecule has 1 aromatic carbocycles. The summed E-state index contributed by atoms with van der Waals surface area (Å²) in [6.45, 7) is 1.57. The molecule has 0 atom stereocenters. The van der Waals surface area contributed by atoms with Gasteiger partial charge in [-0.25, -0.2) is 9.97 Å². The molecule has 156 valence electrons. The Morgan fingerprint density at radius 3 is 2.63 bits per heavy atom. The van der Waals surface area contributed by atoms with Gasteiger partial charge in [-0.05, 0) is 37.1 Å². The number of benzene rings is 1. The first-order valence-electron chi connectivity index (χ1n) is 9.50.